The first kappa shape index (κ1) is 20.7. The lowest BCUT2D eigenvalue weighted by Gasteiger charge is -2.34. The number of aromatic nitrogens is 4. The number of nitrogens with zero attached hydrogens (tertiary/aromatic N) is 6. The Morgan fingerprint density at radius 3 is 2.38 bits per heavy atom. The standard InChI is InChI=1S/C23H26N6O2S/c1-26-17-21(15-24-26)20-7-8-22-23(16-25-29(22)18-20)27-10-12-28(13-11-27)32(30,31)14-9-19-5-3-2-4-6-19/h2-8,15-18H,9-14H2,1H3. The maximum Gasteiger partial charge on any atom is 0.214 e. The largest absolute Gasteiger partial charge is 0.366 e. The molecule has 0 spiro atoms. The molecule has 0 unspecified atom stereocenters. The van der Waals surface area contributed by atoms with Crippen molar-refractivity contribution in [1.82, 2.24) is 23.7 Å². The van der Waals surface area contributed by atoms with Crippen LogP contribution in [0, 0.1) is 0 Å². The maximum absolute atomic E-state index is 12.8. The average Bonchev–Trinajstić information content (AvgIpc) is 3.44. The molecule has 0 N–H and O–H groups in total. The molecule has 8 nitrogen and oxygen atoms in total. The normalized spacial score (nSPS) is 15.5. The summed E-state index contributed by atoms with van der Waals surface area (Å²) in [5.74, 6) is 0.144. The van der Waals surface area contributed by atoms with Gasteiger partial charge in [-0.15, -0.1) is 0 Å². The highest BCUT2D eigenvalue weighted by molar-refractivity contribution is 7.89. The van der Waals surface area contributed by atoms with Crippen LogP contribution in [0.2, 0.25) is 0 Å². The summed E-state index contributed by atoms with van der Waals surface area (Å²) < 4.78 is 30.9. The fourth-order valence-corrected chi connectivity index (χ4v) is 5.65. The monoisotopic (exact) mass is 450 g/mol. The molecule has 0 aliphatic carbocycles. The summed E-state index contributed by atoms with van der Waals surface area (Å²) in [7, 11) is -1.37. The molecular weight excluding hydrogens is 424 g/mol. The van der Waals surface area contributed by atoms with Gasteiger partial charge in [0.2, 0.25) is 10.0 Å². The van der Waals surface area contributed by atoms with Crippen molar-refractivity contribution < 1.29 is 8.42 Å². The van der Waals surface area contributed by atoms with Gasteiger partial charge in [0.1, 0.15) is 0 Å². The van der Waals surface area contributed by atoms with Crippen LogP contribution in [0.5, 0.6) is 0 Å². The lowest BCUT2D eigenvalue weighted by molar-refractivity contribution is 0.385. The molecule has 166 valence electrons. The van der Waals surface area contributed by atoms with Crippen LogP contribution in [0.15, 0.2) is 67.3 Å². The zero-order valence-electron chi connectivity index (χ0n) is 18.0. The Hall–Kier alpha value is -3.17. The van der Waals surface area contributed by atoms with Gasteiger partial charge in [0.25, 0.3) is 0 Å². The van der Waals surface area contributed by atoms with Crippen molar-refractivity contribution in [2.45, 2.75) is 6.42 Å². The molecule has 0 radical (unpaired) electrons. The molecule has 1 aromatic carbocycles. The van der Waals surface area contributed by atoms with Crippen molar-refractivity contribution in [2.75, 3.05) is 36.8 Å². The number of pyridine rings is 1. The summed E-state index contributed by atoms with van der Waals surface area (Å²) in [6, 6.07) is 13.9. The van der Waals surface area contributed by atoms with E-state index < -0.39 is 10.0 Å². The topological polar surface area (TPSA) is 75.7 Å². The first-order chi connectivity index (χ1) is 15.5. The van der Waals surface area contributed by atoms with E-state index in [1.165, 1.54) is 0 Å². The van der Waals surface area contributed by atoms with Gasteiger partial charge in [0.05, 0.1) is 29.4 Å². The van der Waals surface area contributed by atoms with E-state index in [2.05, 4.69) is 27.2 Å². The molecule has 0 amide bonds. The zero-order chi connectivity index (χ0) is 22.1. The lowest BCUT2D eigenvalue weighted by atomic mass is 10.1. The molecule has 1 fully saturated rings. The van der Waals surface area contributed by atoms with Crippen molar-refractivity contribution >= 4 is 21.2 Å². The minimum Gasteiger partial charge on any atom is -0.366 e. The number of aryl methyl sites for hydroxylation is 2. The van der Waals surface area contributed by atoms with Crippen LogP contribution < -0.4 is 4.90 Å². The van der Waals surface area contributed by atoms with Crippen LogP contribution in [-0.4, -0.2) is 64.0 Å². The van der Waals surface area contributed by atoms with Crippen LogP contribution in [0.3, 0.4) is 0 Å². The van der Waals surface area contributed by atoms with E-state index in [1.54, 1.807) is 8.99 Å². The average molecular weight is 451 g/mol. The highest BCUT2D eigenvalue weighted by atomic mass is 32.2. The predicted octanol–water partition coefficient (Wildman–Crippen LogP) is 2.43. The van der Waals surface area contributed by atoms with Gasteiger partial charge < -0.3 is 4.90 Å². The van der Waals surface area contributed by atoms with Crippen molar-refractivity contribution in [3.8, 4) is 11.1 Å². The number of sulfonamides is 1. The number of rotatable bonds is 6. The highest BCUT2D eigenvalue weighted by Crippen LogP contribution is 2.26. The molecule has 9 heteroatoms. The third-order valence-corrected chi connectivity index (χ3v) is 7.87. The van der Waals surface area contributed by atoms with Crippen molar-refractivity contribution in [3.63, 3.8) is 0 Å². The Labute approximate surface area is 187 Å². The number of hydrogen-bond acceptors (Lipinski definition) is 5. The molecule has 0 bridgehead atoms. The van der Waals surface area contributed by atoms with Crippen LogP contribution >= 0.6 is 0 Å². The van der Waals surface area contributed by atoms with E-state index in [1.807, 2.05) is 66.7 Å². The molecule has 0 saturated carbocycles. The van der Waals surface area contributed by atoms with E-state index >= 15 is 0 Å². The van der Waals surface area contributed by atoms with Gasteiger partial charge in [-0.1, -0.05) is 36.4 Å². The van der Waals surface area contributed by atoms with Gasteiger partial charge in [0, 0.05) is 56.7 Å². The summed E-state index contributed by atoms with van der Waals surface area (Å²) in [6.45, 7) is 2.27. The van der Waals surface area contributed by atoms with Crippen molar-refractivity contribution in [2.24, 2.45) is 7.05 Å². The summed E-state index contributed by atoms with van der Waals surface area (Å²) in [5.41, 5.74) is 5.18. The third-order valence-electron chi connectivity index (χ3n) is 6.00. The summed E-state index contributed by atoms with van der Waals surface area (Å²) in [4.78, 5) is 2.22. The Balaban J connectivity index is 1.25. The number of hydrogen-bond donors (Lipinski definition) is 0. The Bertz CT molecular complexity index is 1320. The fraction of sp³-hybridized carbons (Fsp3) is 0.304. The minimum atomic E-state index is -3.27. The number of fused-ring (bicyclic) bond motifs is 1. The minimum absolute atomic E-state index is 0.144. The van der Waals surface area contributed by atoms with Crippen LogP contribution in [0.1, 0.15) is 5.56 Å². The van der Waals surface area contributed by atoms with Crippen molar-refractivity contribution in [3.05, 3.63) is 72.8 Å². The van der Waals surface area contributed by atoms with E-state index in [9.17, 15) is 8.42 Å². The first-order valence-corrected chi connectivity index (χ1v) is 12.3. The molecule has 1 saturated heterocycles. The third kappa shape index (κ3) is 4.13. The van der Waals surface area contributed by atoms with Gasteiger partial charge >= 0.3 is 0 Å². The second kappa shape index (κ2) is 8.40. The molecule has 4 aromatic rings. The van der Waals surface area contributed by atoms with Gasteiger partial charge in [-0.2, -0.15) is 14.5 Å². The van der Waals surface area contributed by atoms with Crippen molar-refractivity contribution in [1.29, 1.82) is 0 Å². The molecule has 1 aliphatic rings. The molecule has 1 aliphatic heterocycles. The number of benzene rings is 1. The summed E-state index contributed by atoms with van der Waals surface area (Å²) in [5, 5.41) is 8.77. The summed E-state index contributed by atoms with van der Waals surface area (Å²) >= 11 is 0. The number of piperazine rings is 1. The quantitative estimate of drug-likeness (QED) is 0.451. The highest BCUT2D eigenvalue weighted by Gasteiger charge is 2.27. The van der Waals surface area contributed by atoms with Gasteiger partial charge in [0.15, 0.2) is 0 Å². The van der Waals surface area contributed by atoms with Gasteiger partial charge in [-0.25, -0.2) is 12.9 Å². The lowest BCUT2D eigenvalue weighted by Crippen LogP contribution is -2.49. The van der Waals surface area contributed by atoms with Crippen LogP contribution in [0.4, 0.5) is 5.69 Å². The number of anilines is 1. The Kier molecular flexibility index (Phi) is 5.44. The van der Waals surface area contributed by atoms with E-state index in [0.717, 1.165) is 27.9 Å². The first-order valence-electron chi connectivity index (χ1n) is 10.7. The van der Waals surface area contributed by atoms with E-state index in [-0.39, 0.29) is 5.75 Å². The van der Waals surface area contributed by atoms with Crippen LogP contribution in [0.25, 0.3) is 16.6 Å². The molecule has 3 aromatic heterocycles. The van der Waals surface area contributed by atoms with E-state index in [0.29, 0.717) is 32.6 Å². The Morgan fingerprint density at radius 1 is 0.875 bits per heavy atom. The molecular formula is C23H26N6O2S. The maximum atomic E-state index is 12.8. The molecule has 4 heterocycles. The zero-order valence-corrected chi connectivity index (χ0v) is 18.8. The second-order valence-corrected chi connectivity index (χ2v) is 10.2. The van der Waals surface area contributed by atoms with Gasteiger partial charge in [-0.05, 0) is 18.1 Å². The van der Waals surface area contributed by atoms with Gasteiger partial charge in [-0.3, -0.25) is 4.68 Å². The second-order valence-electron chi connectivity index (χ2n) is 8.12. The summed E-state index contributed by atoms with van der Waals surface area (Å²) in [6.07, 6.45) is 8.21. The fourth-order valence-electron chi connectivity index (χ4n) is 4.18. The predicted molar refractivity (Wildman–Crippen MR) is 125 cm³/mol. The molecule has 5 rings (SSSR count). The van der Waals surface area contributed by atoms with Crippen LogP contribution in [-0.2, 0) is 23.5 Å². The Morgan fingerprint density at radius 2 is 1.66 bits per heavy atom. The molecule has 0 atom stereocenters. The smallest absolute Gasteiger partial charge is 0.214 e. The molecule has 32 heavy (non-hydrogen) atoms. The SMILES string of the molecule is Cn1cc(-c2ccc3c(N4CCN(S(=O)(=O)CCc5ccccc5)CC4)cnn3c2)cn1. The van der Waals surface area contributed by atoms with E-state index in [4.69, 9.17) is 0 Å².